The molecule has 0 atom stereocenters. The Bertz CT molecular complexity index is 1010. The van der Waals surface area contributed by atoms with Gasteiger partial charge in [-0.25, -0.2) is 13.1 Å². The van der Waals surface area contributed by atoms with Crippen LogP contribution in [0.5, 0.6) is 0 Å². The number of anilines is 1. The Labute approximate surface area is 212 Å². The fourth-order valence-corrected chi connectivity index (χ4v) is 4.09. The minimum atomic E-state index is -3.61. The van der Waals surface area contributed by atoms with Crippen LogP contribution in [0.4, 0.5) is 17.1 Å². The van der Waals surface area contributed by atoms with Gasteiger partial charge in [0.25, 0.3) is 0 Å². The number of azo groups is 1. The molecule has 0 heterocycles. The Morgan fingerprint density at radius 1 is 0.909 bits per heavy atom. The number of hydrogen-bond donors (Lipinski definition) is 1. The van der Waals surface area contributed by atoms with Gasteiger partial charge >= 0.3 is 0 Å². The molecule has 1 N–H and O–H groups in total. The molecule has 0 aliphatic carbocycles. The van der Waals surface area contributed by atoms with E-state index in [0.29, 0.717) is 25.3 Å². The molecule has 0 bridgehead atoms. The first kappa shape index (κ1) is 27.7. The zero-order valence-corrected chi connectivity index (χ0v) is 23.3. The molecule has 2 aromatic rings. The average Bonchev–Trinajstić information content (AvgIpc) is 2.71. The van der Waals surface area contributed by atoms with E-state index in [1.165, 1.54) is 12.1 Å². The van der Waals surface area contributed by atoms with Crippen molar-refractivity contribution in [2.75, 3.05) is 32.1 Å². The molecule has 0 radical (unpaired) electrons. The highest BCUT2D eigenvalue weighted by atomic mass is 127. The molecule has 0 aliphatic rings. The maximum Gasteiger partial charge on any atom is 0.240 e. The summed E-state index contributed by atoms with van der Waals surface area (Å²) < 4.78 is 34.1. The van der Waals surface area contributed by atoms with Crippen LogP contribution in [0.1, 0.15) is 40.5 Å². The van der Waals surface area contributed by atoms with Gasteiger partial charge in [-0.15, -0.1) is 0 Å². The Morgan fingerprint density at radius 2 is 1.42 bits per heavy atom. The minimum Gasteiger partial charge on any atom is -0.378 e. The lowest BCUT2D eigenvalue weighted by molar-refractivity contribution is -0.0246. The molecular weight excluding hydrogens is 551 g/mol. The molecule has 33 heavy (non-hydrogen) atoms. The van der Waals surface area contributed by atoms with Gasteiger partial charge in [0.15, 0.2) is 0 Å². The number of alkyl halides is 1. The molecule has 7 nitrogen and oxygen atoms in total. The Balaban J connectivity index is 1.89. The van der Waals surface area contributed by atoms with E-state index in [-0.39, 0.29) is 8.32 Å². The quantitative estimate of drug-likeness (QED) is 0.182. The van der Waals surface area contributed by atoms with Gasteiger partial charge in [-0.3, -0.25) is 0 Å². The summed E-state index contributed by atoms with van der Waals surface area (Å²) in [6.07, 6.45) is 1.51. The molecule has 182 valence electrons. The van der Waals surface area contributed by atoms with Gasteiger partial charge in [-0.2, -0.15) is 10.2 Å². The highest BCUT2D eigenvalue weighted by molar-refractivity contribution is 14.1. The molecule has 9 heteroatoms. The number of ether oxygens (including phenoxy) is 1. The highest BCUT2D eigenvalue weighted by Gasteiger charge is 2.22. The van der Waals surface area contributed by atoms with Crippen molar-refractivity contribution >= 4 is 49.7 Å². The molecule has 2 rings (SSSR count). The van der Waals surface area contributed by atoms with E-state index < -0.39 is 15.6 Å². The standard InChI is InChI=1S/C24H35IN4O3S/c1-23(2,25)16-18-32-24(3,4)15-17-26-33(30,31)22-13-9-20(10-14-22)28-27-19-7-11-21(12-8-19)29(5)6/h7-14,26H,15-18H2,1-6H3/b28-27+. The summed E-state index contributed by atoms with van der Waals surface area (Å²) in [4.78, 5) is 2.21. The van der Waals surface area contributed by atoms with Gasteiger partial charge < -0.3 is 9.64 Å². The summed E-state index contributed by atoms with van der Waals surface area (Å²) in [5.74, 6) is 0. The van der Waals surface area contributed by atoms with Crippen molar-refractivity contribution in [1.29, 1.82) is 0 Å². The largest absolute Gasteiger partial charge is 0.378 e. The van der Waals surface area contributed by atoms with Crippen molar-refractivity contribution in [1.82, 2.24) is 4.72 Å². The molecule has 0 aromatic heterocycles. The number of benzene rings is 2. The predicted molar refractivity (Wildman–Crippen MR) is 144 cm³/mol. The second kappa shape index (κ2) is 11.7. The van der Waals surface area contributed by atoms with Crippen LogP contribution in [0.3, 0.4) is 0 Å². The molecule has 2 aromatic carbocycles. The number of sulfonamides is 1. The highest BCUT2D eigenvalue weighted by Crippen LogP contribution is 2.24. The maximum absolute atomic E-state index is 12.6. The number of halogens is 1. The van der Waals surface area contributed by atoms with E-state index in [9.17, 15) is 8.42 Å². The fraction of sp³-hybridized carbons (Fsp3) is 0.500. The summed E-state index contributed by atoms with van der Waals surface area (Å²) >= 11 is 2.40. The molecule has 0 amide bonds. The van der Waals surface area contributed by atoms with Crippen LogP contribution in [0.15, 0.2) is 63.7 Å². The molecular formula is C24H35IN4O3S. The Kier molecular flexibility index (Phi) is 9.83. The first-order valence-corrected chi connectivity index (χ1v) is 13.5. The molecule has 0 saturated carbocycles. The SMILES string of the molecule is CN(C)c1ccc(/N=N/c2ccc(S(=O)(=O)NCCC(C)(C)OCCC(C)(C)I)cc2)cc1. The lowest BCUT2D eigenvalue weighted by atomic mass is 10.1. The van der Waals surface area contributed by atoms with Crippen LogP contribution < -0.4 is 9.62 Å². The number of hydrogen-bond acceptors (Lipinski definition) is 6. The monoisotopic (exact) mass is 586 g/mol. The maximum atomic E-state index is 12.6. The van der Waals surface area contributed by atoms with E-state index in [1.54, 1.807) is 12.1 Å². The van der Waals surface area contributed by atoms with Crippen LogP contribution in [0, 0.1) is 0 Å². The third-order valence-electron chi connectivity index (χ3n) is 5.00. The van der Waals surface area contributed by atoms with Gasteiger partial charge in [0.05, 0.1) is 21.9 Å². The summed E-state index contributed by atoms with van der Waals surface area (Å²) in [7, 11) is 0.345. The number of nitrogens with zero attached hydrogens (tertiary/aromatic N) is 3. The van der Waals surface area contributed by atoms with Crippen LogP contribution in [-0.4, -0.2) is 44.7 Å². The molecule has 0 spiro atoms. The summed E-state index contributed by atoms with van der Waals surface area (Å²) in [5.41, 5.74) is 1.99. The number of nitrogens with one attached hydrogen (secondary N) is 1. The third kappa shape index (κ3) is 10.1. The summed E-state index contributed by atoms with van der Waals surface area (Å²) in [6.45, 7) is 9.23. The van der Waals surface area contributed by atoms with Crippen molar-refractivity contribution in [2.24, 2.45) is 10.2 Å². The predicted octanol–water partition coefficient (Wildman–Crippen LogP) is 6.24. The van der Waals surface area contributed by atoms with Crippen molar-refractivity contribution < 1.29 is 13.2 Å². The second-order valence-electron chi connectivity index (χ2n) is 9.33. The fourth-order valence-electron chi connectivity index (χ4n) is 2.84. The van der Waals surface area contributed by atoms with Gasteiger partial charge in [0.1, 0.15) is 0 Å². The Hall–Kier alpha value is -1.56. The van der Waals surface area contributed by atoms with E-state index in [4.69, 9.17) is 4.74 Å². The second-order valence-corrected chi connectivity index (χ2v) is 14.0. The first-order chi connectivity index (χ1) is 15.3. The molecule has 0 unspecified atom stereocenters. The number of rotatable bonds is 12. The van der Waals surface area contributed by atoms with E-state index in [0.717, 1.165) is 17.8 Å². The van der Waals surface area contributed by atoms with Crippen molar-refractivity contribution in [3.63, 3.8) is 0 Å². The van der Waals surface area contributed by atoms with Crippen molar-refractivity contribution in [3.8, 4) is 0 Å². The van der Waals surface area contributed by atoms with Crippen LogP contribution >= 0.6 is 22.6 Å². The summed E-state index contributed by atoms with van der Waals surface area (Å²) in [6, 6.07) is 14.1. The van der Waals surface area contributed by atoms with Crippen LogP contribution in [0.25, 0.3) is 0 Å². The van der Waals surface area contributed by atoms with Crippen LogP contribution in [0.2, 0.25) is 0 Å². The lowest BCUT2D eigenvalue weighted by Crippen LogP contribution is -2.33. The molecule has 0 aliphatic heterocycles. The zero-order chi connectivity index (χ0) is 24.7. The Morgan fingerprint density at radius 3 is 1.91 bits per heavy atom. The molecule has 0 saturated heterocycles. The van der Waals surface area contributed by atoms with Gasteiger partial charge in [-0.05, 0) is 75.2 Å². The van der Waals surface area contributed by atoms with Crippen LogP contribution in [-0.2, 0) is 14.8 Å². The summed E-state index contributed by atoms with van der Waals surface area (Å²) in [5, 5.41) is 8.41. The zero-order valence-electron chi connectivity index (χ0n) is 20.3. The van der Waals surface area contributed by atoms with E-state index >= 15 is 0 Å². The van der Waals surface area contributed by atoms with E-state index in [2.05, 4.69) is 51.4 Å². The van der Waals surface area contributed by atoms with Gasteiger partial charge in [-0.1, -0.05) is 36.4 Å². The lowest BCUT2D eigenvalue weighted by Gasteiger charge is -2.27. The topological polar surface area (TPSA) is 83.4 Å². The average molecular weight is 587 g/mol. The van der Waals surface area contributed by atoms with Gasteiger partial charge in [0, 0.05) is 36.4 Å². The van der Waals surface area contributed by atoms with Gasteiger partial charge in [0.2, 0.25) is 10.0 Å². The third-order valence-corrected chi connectivity index (χ3v) is 7.02. The molecule has 0 fully saturated rings. The van der Waals surface area contributed by atoms with Crippen molar-refractivity contribution in [2.45, 2.75) is 54.5 Å². The smallest absolute Gasteiger partial charge is 0.240 e. The van der Waals surface area contributed by atoms with Crippen molar-refractivity contribution in [3.05, 3.63) is 48.5 Å². The minimum absolute atomic E-state index is 0.178. The first-order valence-electron chi connectivity index (χ1n) is 10.9. The normalized spacial score (nSPS) is 12.9. The van der Waals surface area contributed by atoms with E-state index in [1.807, 2.05) is 57.1 Å².